The molecule has 1 saturated carbocycles. The van der Waals surface area contributed by atoms with E-state index >= 15 is 0 Å². The summed E-state index contributed by atoms with van der Waals surface area (Å²) in [5, 5.41) is 17.4. The summed E-state index contributed by atoms with van der Waals surface area (Å²) < 4.78 is 13.0. The van der Waals surface area contributed by atoms with Crippen LogP contribution in [0.4, 0.5) is 4.79 Å². The smallest absolute Gasteiger partial charge is 0.409 e. The van der Waals surface area contributed by atoms with Crippen molar-refractivity contribution in [1.29, 1.82) is 0 Å². The molecule has 10 heteroatoms. The Labute approximate surface area is 181 Å². The predicted octanol–water partition coefficient (Wildman–Crippen LogP) is 2.80. The van der Waals surface area contributed by atoms with E-state index in [-0.39, 0.29) is 18.6 Å². The van der Waals surface area contributed by atoms with Crippen molar-refractivity contribution in [3.05, 3.63) is 23.5 Å². The molecule has 2 heterocycles. The molecular weight excluding hydrogens is 402 g/mol. The summed E-state index contributed by atoms with van der Waals surface area (Å²) in [4.78, 5) is 29.4. The zero-order valence-corrected chi connectivity index (χ0v) is 18.4. The second-order valence-corrected chi connectivity index (χ2v) is 7.85. The molecule has 2 aromatic rings. The number of hydrogen-bond donors (Lipinski definition) is 1. The van der Waals surface area contributed by atoms with Crippen LogP contribution in [0.5, 0.6) is 5.75 Å². The van der Waals surface area contributed by atoms with Crippen molar-refractivity contribution < 1.29 is 24.2 Å². The fourth-order valence-corrected chi connectivity index (χ4v) is 3.66. The number of amides is 1. The Morgan fingerprint density at radius 2 is 2.10 bits per heavy atom. The number of aliphatic carboxylic acids is 1. The summed E-state index contributed by atoms with van der Waals surface area (Å²) in [6.45, 7) is 4.47. The lowest BCUT2D eigenvalue weighted by Crippen LogP contribution is -2.28. The van der Waals surface area contributed by atoms with Gasteiger partial charge < -0.3 is 19.5 Å². The fourth-order valence-electron chi connectivity index (χ4n) is 3.66. The highest BCUT2D eigenvalue weighted by Gasteiger charge is 2.31. The maximum Gasteiger partial charge on any atom is 0.409 e. The van der Waals surface area contributed by atoms with Gasteiger partial charge in [-0.3, -0.25) is 4.79 Å². The molecule has 168 valence electrons. The maximum absolute atomic E-state index is 12.1. The molecule has 2 atom stereocenters. The number of rotatable bonds is 8. The second kappa shape index (κ2) is 9.76. The van der Waals surface area contributed by atoms with E-state index in [1.54, 1.807) is 24.8 Å². The first-order valence-corrected chi connectivity index (χ1v) is 10.4. The molecule has 10 nitrogen and oxygen atoms in total. The molecule has 0 radical (unpaired) electrons. The molecule has 3 rings (SSSR count). The zero-order chi connectivity index (χ0) is 22.5. The van der Waals surface area contributed by atoms with Crippen molar-refractivity contribution in [2.45, 2.75) is 52.2 Å². The largest absolute Gasteiger partial charge is 0.489 e. The Bertz CT molecular complexity index is 944. The topological polar surface area (TPSA) is 120 Å². The molecule has 0 spiro atoms. The van der Waals surface area contributed by atoms with Crippen LogP contribution in [-0.4, -0.2) is 61.7 Å². The predicted molar refractivity (Wildman–Crippen MR) is 111 cm³/mol. The third-order valence-electron chi connectivity index (χ3n) is 5.45. The van der Waals surface area contributed by atoms with E-state index in [0.717, 1.165) is 6.42 Å². The van der Waals surface area contributed by atoms with Gasteiger partial charge in [0.1, 0.15) is 23.7 Å². The number of hydrogen-bond acceptors (Lipinski definition) is 7. The molecule has 31 heavy (non-hydrogen) atoms. The number of carbonyl (C=O) groups excluding carboxylic acids is 1. The van der Waals surface area contributed by atoms with Crippen LogP contribution in [0.3, 0.4) is 0 Å². The standard InChI is InChI=1S/C21H29N5O5/c1-5-10-25(3)21(29)30-12-17-19(23-24-26(17)4)16-8-9-18(13(2)22-16)31-15-7-6-14(11-15)20(27)28/h8-9,14-15H,5-7,10-12H2,1-4H3,(H,27,28)/t14-,15?/m0/s1. The van der Waals surface area contributed by atoms with Gasteiger partial charge in [0.2, 0.25) is 0 Å². The van der Waals surface area contributed by atoms with Crippen LogP contribution in [-0.2, 0) is 23.2 Å². The summed E-state index contributed by atoms with van der Waals surface area (Å²) >= 11 is 0. The maximum atomic E-state index is 12.1. The quantitative estimate of drug-likeness (QED) is 0.677. The average molecular weight is 431 g/mol. The van der Waals surface area contributed by atoms with Crippen molar-refractivity contribution in [2.75, 3.05) is 13.6 Å². The number of aromatic nitrogens is 4. The Kier molecular flexibility index (Phi) is 7.09. The molecule has 0 aliphatic heterocycles. The third-order valence-corrected chi connectivity index (χ3v) is 5.45. The van der Waals surface area contributed by atoms with Crippen molar-refractivity contribution >= 4 is 12.1 Å². The van der Waals surface area contributed by atoms with Crippen LogP contribution in [0.1, 0.15) is 44.0 Å². The second-order valence-electron chi connectivity index (χ2n) is 7.85. The van der Waals surface area contributed by atoms with Gasteiger partial charge in [-0.25, -0.2) is 14.5 Å². The summed E-state index contributed by atoms with van der Waals surface area (Å²) in [5.74, 6) is -0.496. The van der Waals surface area contributed by atoms with Gasteiger partial charge in [-0.05, 0) is 44.7 Å². The lowest BCUT2D eigenvalue weighted by Gasteiger charge is -2.16. The summed E-state index contributed by atoms with van der Waals surface area (Å²) in [7, 11) is 3.43. The highest BCUT2D eigenvalue weighted by molar-refractivity contribution is 5.70. The number of carbonyl (C=O) groups is 2. The van der Waals surface area contributed by atoms with Crippen LogP contribution in [0, 0.1) is 12.8 Å². The number of ether oxygens (including phenoxy) is 2. The van der Waals surface area contributed by atoms with Crippen molar-refractivity contribution in [3.63, 3.8) is 0 Å². The third kappa shape index (κ3) is 5.31. The molecule has 1 unspecified atom stereocenters. The molecule has 2 aromatic heterocycles. The first-order valence-electron chi connectivity index (χ1n) is 10.4. The van der Waals surface area contributed by atoms with E-state index in [1.165, 1.54) is 4.90 Å². The number of carboxylic acid groups (broad SMARTS) is 1. The lowest BCUT2D eigenvalue weighted by atomic mass is 10.1. The number of nitrogens with zero attached hydrogens (tertiary/aromatic N) is 5. The van der Waals surface area contributed by atoms with Gasteiger partial charge in [0.25, 0.3) is 0 Å². The van der Waals surface area contributed by atoms with Crippen LogP contribution < -0.4 is 4.74 Å². The Morgan fingerprint density at radius 1 is 1.32 bits per heavy atom. The van der Waals surface area contributed by atoms with Gasteiger partial charge in [0, 0.05) is 20.6 Å². The molecule has 1 aliphatic rings. The highest BCUT2D eigenvalue weighted by atomic mass is 16.6. The van der Waals surface area contributed by atoms with E-state index < -0.39 is 12.1 Å². The minimum Gasteiger partial charge on any atom is -0.489 e. The molecule has 0 saturated heterocycles. The van der Waals surface area contributed by atoms with Crippen molar-refractivity contribution in [2.24, 2.45) is 13.0 Å². The first kappa shape index (κ1) is 22.5. The molecule has 1 amide bonds. The normalized spacial score (nSPS) is 18.1. The van der Waals surface area contributed by atoms with Crippen LogP contribution >= 0.6 is 0 Å². The van der Waals surface area contributed by atoms with Crippen LogP contribution in [0.2, 0.25) is 0 Å². The molecule has 0 aromatic carbocycles. The van der Waals surface area contributed by atoms with Crippen molar-refractivity contribution in [3.8, 4) is 17.1 Å². The average Bonchev–Trinajstić information content (AvgIpc) is 3.34. The van der Waals surface area contributed by atoms with Crippen LogP contribution in [0.25, 0.3) is 11.4 Å². The van der Waals surface area contributed by atoms with Crippen molar-refractivity contribution in [1.82, 2.24) is 24.9 Å². The highest BCUT2D eigenvalue weighted by Crippen LogP contribution is 2.31. The summed E-state index contributed by atoms with van der Waals surface area (Å²) in [6.07, 6.45) is 2.16. The monoisotopic (exact) mass is 431 g/mol. The minimum atomic E-state index is -0.770. The minimum absolute atomic E-state index is 0.0311. The zero-order valence-electron chi connectivity index (χ0n) is 18.4. The van der Waals surface area contributed by atoms with Gasteiger partial charge in [0.05, 0.1) is 23.4 Å². The Balaban J connectivity index is 1.70. The fraction of sp³-hybridized carbons (Fsp3) is 0.571. The molecular formula is C21H29N5O5. The van der Waals surface area contributed by atoms with E-state index in [0.29, 0.717) is 54.3 Å². The number of aryl methyl sites for hydroxylation is 2. The number of pyridine rings is 1. The van der Waals surface area contributed by atoms with Gasteiger partial charge in [-0.2, -0.15) is 0 Å². The molecule has 0 bridgehead atoms. The molecule has 1 fully saturated rings. The summed E-state index contributed by atoms with van der Waals surface area (Å²) in [6, 6.07) is 3.59. The van der Waals surface area contributed by atoms with Gasteiger partial charge in [-0.15, -0.1) is 5.10 Å². The summed E-state index contributed by atoms with van der Waals surface area (Å²) in [5.41, 5.74) is 2.45. The molecule has 1 N–H and O–H groups in total. The number of carboxylic acids is 1. The van der Waals surface area contributed by atoms with E-state index in [4.69, 9.17) is 14.6 Å². The Hall–Kier alpha value is -3.17. The van der Waals surface area contributed by atoms with Gasteiger partial charge in [-0.1, -0.05) is 12.1 Å². The molecule has 1 aliphatic carbocycles. The van der Waals surface area contributed by atoms with E-state index in [1.807, 2.05) is 19.9 Å². The SMILES string of the molecule is CCCN(C)C(=O)OCc1c(-c2ccc(OC3CC[C@H](C(=O)O)C3)c(C)n2)nnn1C. The Morgan fingerprint density at radius 3 is 2.74 bits per heavy atom. The van der Waals surface area contributed by atoms with Crippen LogP contribution in [0.15, 0.2) is 12.1 Å². The van der Waals surface area contributed by atoms with E-state index in [9.17, 15) is 9.59 Å². The first-order chi connectivity index (χ1) is 14.8. The van der Waals surface area contributed by atoms with Gasteiger partial charge in [0.15, 0.2) is 0 Å². The van der Waals surface area contributed by atoms with Gasteiger partial charge >= 0.3 is 12.1 Å². The lowest BCUT2D eigenvalue weighted by molar-refractivity contribution is -0.141. The van der Waals surface area contributed by atoms with E-state index in [2.05, 4.69) is 15.3 Å².